The first-order chi connectivity index (χ1) is 17.4. The number of likely N-dealkylation sites (tertiary alicyclic amines) is 1. The van der Waals surface area contributed by atoms with Gasteiger partial charge in [-0.2, -0.15) is 0 Å². The predicted molar refractivity (Wildman–Crippen MR) is 141 cm³/mol. The van der Waals surface area contributed by atoms with Gasteiger partial charge in [-0.15, -0.1) is 0 Å². The number of carbonyl (C=O) groups excluding carboxylic acids is 1. The van der Waals surface area contributed by atoms with Crippen LogP contribution in [0.1, 0.15) is 37.3 Å². The molecule has 7 nitrogen and oxygen atoms in total. The van der Waals surface area contributed by atoms with Crippen molar-refractivity contribution in [3.05, 3.63) is 59.7 Å². The van der Waals surface area contributed by atoms with E-state index in [9.17, 15) is 9.90 Å². The molecule has 2 saturated heterocycles. The van der Waals surface area contributed by atoms with E-state index in [2.05, 4.69) is 21.9 Å². The normalized spacial score (nSPS) is 21.7. The number of benzene rings is 2. The number of amides is 1. The molecular formula is C29H41N3O4. The molecule has 1 unspecified atom stereocenters. The minimum absolute atomic E-state index is 0.0327. The Morgan fingerprint density at radius 2 is 1.69 bits per heavy atom. The Labute approximate surface area is 215 Å². The van der Waals surface area contributed by atoms with E-state index in [1.165, 1.54) is 32.4 Å². The van der Waals surface area contributed by atoms with E-state index in [0.29, 0.717) is 38.5 Å². The van der Waals surface area contributed by atoms with Gasteiger partial charge in [-0.05, 0) is 62.7 Å². The van der Waals surface area contributed by atoms with E-state index in [1.54, 1.807) is 11.8 Å². The number of aliphatic hydroxyl groups is 1. The zero-order valence-electron chi connectivity index (χ0n) is 21.8. The fourth-order valence-electron chi connectivity index (χ4n) is 5.06. The number of aryl methyl sites for hydroxylation is 1. The average Bonchev–Trinajstić information content (AvgIpc) is 3.04. The summed E-state index contributed by atoms with van der Waals surface area (Å²) in [6.45, 7) is 10.3. The fourth-order valence-corrected chi connectivity index (χ4v) is 5.06. The smallest absolute Gasteiger partial charge is 0.219 e. The molecule has 0 bridgehead atoms. The van der Waals surface area contributed by atoms with E-state index >= 15 is 0 Å². The van der Waals surface area contributed by atoms with Crippen molar-refractivity contribution in [1.82, 2.24) is 14.7 Å². The topological polar surface area (TPSA) is 65.5 Å². The predicted octanol–water partition coefficient (Wildman–Crippen LogP) is 3.33. The van der Waals surface area contributed by atoms with Crippen LogP contribution in [0.5, 0.6) is 11.5 Å². The van der Waals surface area contributed by atoms with Crippen molar-refractivity contribution in [1.29, 1.82) is 0 Å². The third-order valence-electron chi connectivity index (χ3n) is 7.09. The Balaban J connectivity index is 1.36. The van der Waals surface area contributed by atoms with Crippen molar-refractivity contribution in [2.75, 3.05) is 59.0 Å². The minimum atomic E-state index is -1.17. The zero-order chi connectivity index (χ0) is 25.4. The number of piperidine rings is 1. The second-order valence-corrected chi connectivity index (χ2v) is 10.4. The van der Waals surface area contributed by atoms with Crippen LogP contribution in [0.25, 0.3) is 0 Å². The minimum Gasteiger partial charge on any atom is -0.492 e. The maximum absolute atomic E-state index is 12.2. The number of nitrogens with zero attached hydrogens (tertiary/aromatic N) is 3. The van der Waals surface area contributed by atoms with Crippen molar-refractivity contribution in [2.45, 2.75) is 45.3 Å². The summed E-state index contributed by atoms with van der Waals surface area (Å²) in [4.78, 5) is 18.6. The van der Waals surface area contributed by atoms with Gasteiger partial charge in [-0.1, -0.05) is 36.2 Å². The summed E-state index contributed by atoms with van der Waals surface area (Å²) in [7, 11) is 0. The molecule has 36 heavy (non-hydrogen) atoms. The first kappa shape index (κ1) is 26.5. The van der Waals surface area contributed by atoms with Crippen LogP contribution in [0.4, 0.5) is 0 Å². The van der Waals surface area contributed by atoms with Gasteiger partial charge in [0.2, 0.25) is 5.91 Å². The van der Waals surface area contributed by atoms with Gasteiger partial charge in [-0.3, -0.25) is 14.6 Å². The van der Waals surface area contributed by atoms with Gasteiger partial charge in [0.15, 0.2) is 0 Å². The molecule has 2 aromatic rings. The molecule has 2 aliphatic heterocycles. The van der Waals surface area contributed by atoms with Crippen LogP contribution in [-0.2, 0) is 11.3 Å². The highest BCUT2D eigenvalue weighted by Gasteiger charge is 2.37. The Hall–Kier alpha value is -2.61. The van der Waals surface area contributed by atoms with Crippen LogP contribution in [0, 0.1) is 6.92 Å². The first-order valence-corrected chi connectivity index (χ1v) is 13.2. The quantitative estimate of drug-likeness (QED) is 0.576. The zero-order valence-corrected chi connectivity index (χ0v) is 21.8. The Bertz CT molecular complexity index is 977. The Kier molecular flexibility index (Phi) is 9.24. The summed E-state index contributed by atoms with van der Waals surface area (Å²) < 4.78 is 12.0. The molecule has 1 atom stereocenters. The van der Waals surface area contributed by atoms with Crippen molar-refractivity contribution < 1.29 is 19.4 Å². The van der Waals surface area contributed by atoms with Crippen LogP contribution in [0.2, 0.25) is 0 Å². The summed E-state index contributed by atoms with van der Waals surface area (Å²) in [5.41, 5.74) is 1.11. The molecule has 2 aromatic carbocycles. The van der Waals surface area contributed by atoms with Gasteiger partial charge < -0.3 is 19.5 Å². The number of carbonyl (C=O) groups is 1. The fraction of sp³-hybridized carbons (Fsp3) is 0.552. The summed E-state index contributed by atoms with van der Waals surface area (Å²) in [6, 6.07) is 16.0. The number of ether oxygens (including phenoxy) is 2. The van der Waals surface area contributed by atoms with Crippen LogP contribution < -0.4 is 9.47 Å². The van der Waals surface area contributed by atoms with Gasteiger partial charge in [-0.25, -0.2) is 0 Å². The molecule has 1 N–H and O–H groups in total. The largest absolute Gasteiger partial charge is 0.492 e. The van der Waals surface area contributed by atoms with Crippen molar-refractivity contribution in [3.63, 3.8) is 0 Å². The van der Waals surface area contributed by atoms with Crippen LogP contribution in [0.3, 0.4) is 0 Å². The monoisotopic (exact) mass is 495 g/mol. The van der Waals surface area contributed by atoms with E-state index in [-0.39, 0.29) is 19.1 Å². The second-order valence-electron chi connectivity index (χ2n) is 10.4. The molecular weight excluding hydrogens is 454 g/mol. The third-order valence-corrected chi connectivity index (χ3v) is 7.09. The lowest BCUT2D eigenvalue weighted by Gasteiger charge is -2.32. The maximum atomic E-state index is 12.2. The lowest BCUT2D eigenvalue weighted by atomic mass is 10.0. The van der Waals surface area contributed by atoms with E-state index < -0.39 is 5.60 Å². The lowest BCUT2D eigenvalue weighted by Crippen LogP contribution is -2.51. The van der Waals surface area contributed by atoms with E-state index in [0.717, 1.165) is 23.4 Å². The Morgan fingerprint density at radius 3 is 2.44 bits per heavy atom. The third kappa shape index (κ3) is 7.95. The maximum Gasteiger partial charge on any atom is 0.219 e. The summed E-state index contributed by atoms with van der Waals surface area (Å²) in [5, 5.41) is 11.5. The number of hydrogen-bond acceptors (Lipinski definition) is 6. The van der Waals surface area contributed by atoms with E-state index in [4.69, 9.17) is 9.47 Å². The number of β-amino-alcohol motifs (C(OH)–C–C–N with tert-alkyl or cyclic N) is 1. The van der Waals surface area contributed by atoms with Gasteiger partial charge in [0, 0.05) is 39.6 Å². The SMILES string of the molecule is CC(=O)N1CCN(Cc2cccc(OCCN3CCCCC3)c2)CC(O)(COc2ccc(C)cc2)C1. The second kappa shape index (κ2) is 12.6. The first-order valence-electron chi connectivity index (χ1n) is 13.2. The van der Waals surface area contributed by atoms with Crippen molar-refractivity contribution >= 4 is 5.91 Å². The Morgan fingerprint density at radius 1 is 0.917 bits per heavy atom. The number of hydrogen-bond donors (Lipinski definition) is 1. The summed E-state index contributed by atoms with van der Waals surface area (Å²) in [6.07, 6.45) is 3.91. The molecule has 4 rings (SSSR count). The van der Waals surface area contributed by atoms with Crippen molar-refractivity contribution in [2.24, 2.45) is 0 Å². The average molecular weight is 496 g/mol. The van der Waals surface area contributed by atoms with Crippen LogP contribution in [0.15, 0.2) is 48.5 Å². The van der Waals surface area contributed by atoms with Crippen LogP contribution in [-0.4, -0.2) is 90.3 Å². The highest BCUT2D eigenvalue weighted by Crippen LogP contribution is 2.22. The standard InChI is InChI=1S/C29H41N3O4/c1-24-9-11-27(12-10-24)36-23-29(34)21-31(15-16-32(22-29)25(2)33)20-26-7-6-8-28(19-26)35-18-17-30-13-4-3-5-14-30/h6-12,19,34H,3-5,13-18,20-23H2,1-2H3. The molecule has 0 saturated carbocycles. The molecule has 196 valence electrons. The molecule has 0 aliphatic carbocycles. The highest BCUT2D eigenvalue weighted by atomic mass is 16.5. The summed E-state index contributed by atoms with van der Waals surface area (Å²) >= 11 is 0. The van der Waals surface area contributed by atoms with Gasteiger partial charge in [0.25, 0.3) is 0 Å². The number of rotatable bonds is 9. The molecule has 0 radical (unpaired) electrons. The van der Waals surface area contributed by atoms with Crippen LogP contribution >= 0.6 is 0 Å². The van der Waals surface area contributed by atoms with Gasteiger partial charge >= 0.3 is 0 Å². The molecule has 1 amide bonds. The summed E-state index contributed by atoms with van der Waals surface area (Å²) in [5.74, 6) is 1.56. The van der Waals surface area contributed by atoms with Gasteiger partial charge in [0.1, 0.15) is 30.3 Å². The molecule has 2 heterocycles. The van der Waals surface area contributed by atoms with Gasteiger partial charge in [0.05, 0.1) is 6.54 Å². The molecule has 7 heteroatoms. The molecule has 2 fully saturated rings. The molecule has 2 aliphatic rings. The molecule has 0 spiro atoms. The molecule has 0 aromatic heterocycles. The lowest BCUT2D eigenvalue weighted by molar-refractivity contribution is -0.132. The van der Waals surface area contributed by atoms with E-state index in [1.807, 2.05) is 43.3 Å². The highest BCUT2D eigenvalue weighted by molar-refractivity contribution is 5.73. The van der Waals surface area contributed by atoms with Crippen molar-refractivity contribution in [3.8, 4) is 11.5 Å².